The molecule has 0 radical (unpaired) electrons. The second-order valence-corrected chi connectivity index (χ2v) is 12.0. The molecule has 198 valence electrons. The number of hydrogen-bond donors (Lipinski definition) is 1. The molecular formula is C28H33Br2ClN4O2. The van der Waals surface area contributed by atoms with E-state index in [4.69, 9.17) is 28.8 Å². The van der Waals surface area contributed by atoms with Gasteiger partial charge in [0, 0.05) is 65.1 Å². The molecule has 2 heterocycles. The third-order valence-electron chi connectivity index (χ3n) is 7.97. The number of rotatable bonds is 5. The Morgan fingerprint density at radius 3 is 2.43 bits per heavy atom. The van der Waals surface area contributed by atoms with Crippen LogP contribution in [-0.2, 0) is 11.2 Å². The molecule has 1 atom stereocenters. The van der Waals surface area contributed by atoms with E-state index in [1.54, 1.807) is 4.90 Å². The molecule has 2 saturated heterocycles. The van der Waals surface area contributed by atoms with Gasteiger partial charge in [0.05, 0.1) is 5.70 Å². The molecule has 6 nitrogen and oxygen atoms in total. The number of piperidine rings is 2. The van der Waals surface area contributed by atoms with Crippen molar-refractivity contribution in [3.05, 3.63) is 44.0 Å². The zero-order valence-electron chi connectivity index (χ0n) is 20.9. The number of terminal acetylenes is 1. The summed E-state index contributed by atoms with van der Waals surface area (Å²) in [6, 6.07) is 3.65. The van der Waals surface area contributed by atoms with E-state index in [2.05, 4.69) is 43.8 Å². The number of primary amides is 1. The van der Waals surface area contributed by atoms with Gasteiger partial charge >= 0.3 is 6.03 Å². The van der Waals surface area contributed by atoms with Crippen molar-refractivity contribution in [3.8, 4) is 12.3 Å². The van der Waals surface area contributed by atoms with Crippen molar-refractivity contribution in [2.24, 2.45) is 22.6 Å². The number of aryl methyl sites for hydroxylation is 1. The zero-order chi connectivity index (χ0) is 26.5. The first kappa shape index (κ1) is 28.2. The predicted molar refractivity (Wildman–Crippen MR) is 156 cm³/mol. The molecular weight excluding hydrogens is 620 g/mol. The Bertz CT molecular complexity index is 1130. The molecule has 1 unspecified atom stereocenters. The normalized spacial score (nSPS) is 21.6. The molecule has 2 aliphatic heterocycles. The van der Waals surface area contributed by atoms with Crippen molar-refractivity contribution in [2.45, 2.75) is 50.9 Å². The first-order valence-electron chi connectivity index (χ1n) is 12.9. The standard InChI is InChI=1S/C28H33Br2ClN4O2/c1-2-19-3-4-21-16-22(31)17-23(30)25(21)26(27(19)33-10-9-29)20-7-13-34(14-8-20)24(36)15-18-5-11-35(12-6-18)28(32)37/h1,10,16-18,20,26H,3-9,11-15H2,(H2,32,37). The van der Waals surface area contributed by atoms with Gasteiger partial charge in [0.1, 0.15) is 0 Å². The van der Waals surface area contributed by atoms with Crippen LogP contribution in [0.15, 0.2) is 32.9 Å². The number of alkyl halides is 1. The van der Waals surface area contributed by atoms with Crippen LogP contribution in [0.3, 0.4) is 0 Å². The summed E-state index contributed by atoms with van der Waals surface area (Å²) >= 11 is 13.7. The molecule has 1 aromatic rings. The van der Waals surface area contributed by atoms with Gasteiger partial charge in [-0.25, -0.2) is 4.79 Å². The van der Waals surface area contributed by atoms with Crippen molar-refractivity contribution in [3.63, 3.8) is 0 Å². The summed E-state index contributed by atoms with van der Waals surface area (Å²) in [6.45, 7) is 2.72. The predicted octanol–water partition coefficient (Wildman–Crippen LogP) is 5.90. The lowest BCUT2D eigenvalue weighted by atomic mass is 9.76. The minimum atomic E-state index is -0.372. The van der Waals surface area contributed by atoms with Gasteiger partial charge in [0.2, 0.25) is 5.91 Å². The fourth-order valence-corrected chi connectivity index (χ4v) is 7.28. The van der Waals surface area contributed by atoms with E-state index >= 15 is 0 Å². The van der Waals surface area contributed by atoms with Gasteiger partial charge in [-0.2, -0.15) is 0 Å². The van der Waals surface area contributed by atoms with Crippen LogP contribution in [0, 0.1) is 24.2 Å². The average Bonchev–Trinajstić information content (AvgIpc) is 3.04. The van der Waals surface area contributed by atoms with Gasteiger partial charge in [0.25, 0.3) is 0 Å². The number of urea groups is 1. The van der Waals surface area contributed by atoms with Crippen molar-refractivity contribution in [2.75, 3.05) is 31.5 Å². The van der Waals surface area contributed by atoms with Crippen LogP contribution < -0.4 is 5.73 Å². The molecule has 0 saturated carbocycles. The Kier molecular flexibility index (Phi) is 9.77. The number of nitrogens with zero attached hydrogens (tertiary/aromatic N) is 3. The highest BCUT2D eigenvalue weighted by atomic mass is 79.9. The van der Waals surface area contributed by atoms with E-state index in [0.717, 1.165) is 67.4 Å². The number of carbonyl (C=O) groups is 2. The largest absolute Gasteiger partial charge is 0.351 e. The van der Waals surface area contributed by atoms with E-state index in [9.17, 15) is 9.59 Å². The second kappa shape index (κ2) is 12.8. The summed E-state index contributed by atoms with van der Waals surface area (Å²) in [4.78, 5) is 33.1. The number of amides is 3. The molecule has 2 fully saturated rings. The summed E-state index contributed by atoms with van der Waals surface area (Å²) in [5, 5.41) is 1.36. The maximum Gasteiger partial charge on any atom is 0.314 e. The molecule has 4 rings (SSSR count). The quantitative estimate of drug-likeness (QED) is 0.244. The number of carbonyl (C=O) groups excluding carboxylic acids is 2. The Balaban J connectivity index is 1.50. The van der Waals surface area contributed by atoms with Gasteiger partial charge in [-0.1, -0.05) is 49.4 Å². The minimum absolute atomic E-state index is 0.0425. The monoisotopic (exact) mass is 650 g/mol. The third kappa shape index (κ3) is 6.61. The number of likely N-dealkylation sites (tertiary alicyclic amines) is 2. The number of halogens is 3. The first-order valence-corrected chi connectivity index (χ1v) is 15.2. The molecule has 0 aromatic heterocycles. The number of benzene rings is 1. The Morgan fingerprint density at radius 2 is 1.81 bits per heavy atom. The fraction of sp³-hybridized carbons (Fsp3) is 0.536. The van der Waals surface area contributed by atoms with Gasteiger partial charge in [-0.05, 0) is 73.6 Å². The summed E-state index contributed by atoms with van der Waals surface area (Å²) in [7, 11) is 0. The maximum absolute atomic E-state index is 13.1. The molecule has 37 heavy (non-hydrogen) atoms. The summed E-state index contributed by atoms with van der Waals surface area (Å²) in [5.41, 5.74) is 9.74. The molecule has 0 bridgehead atoms. The summed E-state index contributed by atoms with van der Waals surface area (Å²) in [5.74, 6) is 3.80. The zero-order valence-corrected chi connectivity index (χ0v) is 24.8. The van der Waals surface area contributed by atoms with Gasteiger partial charge in [-0.3, -0.25) is 9.79 Å². The van der Waals surface area contributed by atoms with Crippen LogP contribution in [-0.4, -0.2) is 59.5 Å². The van der Waals surface area contributed by atoms with Gasteiger partial charge < -0.3 is 15.5 Å². The van der Waals surface area contributed by atoms with Gasteiger partial charge in [-0.15, -0.1) is 6.42 Å². The molecule has 2 N–H and O–H groups in total. The lowest BCUT2D eigenvalue weighted by Crippen LogP contribution is -2.44. The van der Waals surface area contributed by atoms with Crippen LogP contribution >= 0.6 is 43.5 Å². The number of aliphatic imine (C=N–C) groups is 1. The smallest absolute Gasteiger partial charge is 0.314 e. The van der Waals surface area contributed by atoms with Crippen molar-refractivity contribution >= 4 is 61.6 Å². The molecule has 0 spiro atoms. The van der Waals surface area contributed by atoms with Crippen molar-refractivity contribution < 1.29 is 9.59 Å². The second-order valence-electron chi connectivity index (χ2n) is 10.1. The number of hydrogen-bond acceptors (Lipinski definition) is 3. The van der Waals surface area contributed by atoms with Crippen LogP contribution in [0.25, 0.3) is 0 Å². The molecule has 1 aromatic carbocycles. The Labute approximate surface area is 241 Å². The lowest BCUT2D eigenvalue weighted by molar-refractivity contribution is -0.134. The van der Waals surface area contributed by atoms with E-state index in [1.165, 1.54) is 11.1 Å². The molecule has 1 aliphatic carbocycles. The first-order chi connectivity index (χ1) is 17.8. The Hall–Kier alpha value is -1.82. The van der Waals surface area contributed by atoms with E-state index in [-0.39, 0.29) is 17.9 Å². The van der Waals surface area contributed by atoms with E-state index in [1.807, 2.05) is 17.2 Å². The average molecular weight is 653 g/mol. The molecule has 3 amide bonds. The third-order valence-corrected chi connectivity index (χ3v) is 9.13. The van der Waals surface area contributed by atoms with E-state index in [0.29, 0.717) is 41.7 Å². The Morgan fingerprint density at radius 1 is 1.14 bits per heavy atom. The highest BCUT2D eigenvalue weighted by Crippen LogP contribution is 2.47. The van der Waals surface area contributed by atoms with Gasteiger partial charge in [0.15, 0.2) is 0 Å². The minimum Gasteiger partial charge on any atom is -0.351 e. The van der Waals surface area contributed by atoms with Crippen LogP contribution in [0.5, 0.6) is 0 Å². The summed E-state index contributed by atoms with van der Waals surface area (Å²) < 4.78 is 0.991. The topological polar surface area (TPSA) is 79.0 Å². The van der Waals surface area contributed by atoms with E-state index < -0.39 is 0 Å². The maximum atomic E-state index is 13.1. The molecule has 3 aliphatic rings. The molecule has 9 heteroatoms. The lowest BCUT2D eigenvalue weighted by Gasteiger charge is -2.38. The van der Waals surface area contributed by atoms with Crippen LogP contribution in [0.2, 0.25) is 5.02 Å². The van der Waals surface area contributed by atoms with Crippen LogP contribution in [0.4, 0.5) is 4.79 Å². The highest BCUT2D eigenvalue weighted by Gasteiger charge is 2.37. The van der Waals surface area contributed by atoms with Crippen LogP contribution in [0.1, 0.15) is 55.6 Å². The fourth-order valence-electron chi connectivity index (χ4n) is 6.02. The number of fused-ring (bicyclic) bond motifs is 1. The van der Waals surface area contributed by atoms with Crippen molar-refractivity contribution in [1.29, 1.82) is 0 Å². The number of allylic oxidation sites excluding steroid dienone is 2. The highest BCUT2D eigenvalue weighted by molar-refractivity contribution is 9.10. The number of nitrogens with two attached hydrogens (primary N) is 1. The van der Waals surface area contributed by atoms with Crippen molar-refractivity contribution in [1.82, 2.24) is 9.80 Å². The summed E-state index contributed by atoms with van der Waals surface area (Å²) in [6.07, 6.45) is 13.4. The SMILES string of the molecule is C#CC1=C(N=CCBr)C(C2CCN(C(=O)CC3CCN(C(N)=O)CC3)CC2)c2c(Br)cc(Cl)cc2CC1.